The molecule has 8 heteroatoms. The highest BCUT2D eigenvalue weighted by Gasteiger charge is 2.15. The van der Waals surface area contributed by atoms with Crippen molar-refractivity contribution in [1.29, 1.82) is 0 Å². The number of para-hydroxylation sites is 1. The maximum absolute atomic E-state index is 6.09. The van der Waals surface area contributed by atoms with Gasteiger partial charge in [-0.1, -0.05) is 6.07 Å². The van der Waals surface area contributed by atoms with Crippen LogP contribution in [-0.2, 0) is 0 Å². The maximum Gasteiger partial charge on any atom is 0.190 e. The summed E-state index contributed by atoms with van der Waals surface area (Å²) in [5.74, 6) is 0.641. The molecular weight excluding hydrogens is 322 g/mol. The van der Waals surface area contributed by atoms with Crippen molar-refractivity contribution in [3.05, 3.63) is 35.3 Å². The number of H-pyrrole nitrogens is 1. The number of imidazole rings is 1. The van der Waals surface area contributed by atoms with Gasteiger partial charge < -0.3 is 10.7 Å². The van der Waals surface area contributed by atoms with Gasteiger partial charge in [-0.3, -0.25) is 4.40 Å². The fourth-order valence-electron chi connectivity index (χ4n) is 2.15. The molecule has 0 spiro atoms. The minimum atomic E-state index is 0.610. The minimum absolute atomic E-state index is 0.610. The van der Waals surface area contributed by atoms with Gasteiger partial charge in [0.05, 0.1) is 12.0 Å². The Balaban J connectivity index is 2.08. The zero-order chi connectivity index (χ0) is 13.7. The summed E-state index contributed by atoms with van der Waals surface area (Å²) in [6.45, 7) is 0. The molecule has 20 heavy (non-hydrogen) atoms. The van der Waals surface area contributed by atoms with Gasteiger partial charge in [-0.25, -0.2) is 9.97 Å². The van der Waals surface area contributed by atoms with Crippen LogP contribution in [0.2, 0.25) is 0 Å². The fourth-order valence-corrected chi connectivity index (χ4v) is 2.51. The van der Waals surface area contributed by atoms with E-state index in [2.05, 4.69) is 41.1 Å². The average Bonchev–Trinajstić information content (AvgIpc) is 3.06. The van der Waals surface area contributed by atoms with E-state index in [1.54, 1.807) is 17.1 Å². The van der Waals surface area contributed by atoms with Crippen LogP contribution < -0.4 is 5.73 Å². The lowest BCUT2D eigenvalue weighted by Gasteiger charge is -2.05. The molecule has 0 amide bonds. The van der Waals surface area contributed by atoms with E-state index < -0.39 is 0 Å². The van der Waals surface area contributed by atoms with Crippen LogP contribution in [0.3, 0.4) is 0 Å². The first kappa shape index (κ1) is 11.4. The molecule has 0 saturated heterocycles. The van der Waals surface area contributed by atoms with Gasteiger partial charge in [0.1, 0.15) is 11.8 Å². The van der Waals surface area contributed by atoms with Gasteiger partial charge in [0, 0.05) is 10.0 Å². The number of nitrogen functional groups attached to an aromatic ring is 1. The highest BCUT2D eigenvalue weighted by molar-refractivity contribution is 9.10. The lowest BCUT2D eigenvalue weighted by molar-refractivity contribution is 1.09. The van der Waals surface area contributed by atoms with Crippen molar-refractivity contribution >= 4 is 38.4 Å². The summed E-state index contributed by atoms with van der Waals surface area (Å²) >= 11 is 3.42. The van der Waals surface area contributed by atoms with Crippen LogP contribution >= 0.6 is 15.9 Å². The molecule has 0 bridgehead atoms. The molecule has 0 aliphatic heterocycles. The highest BCUT2D eigenvalue weighted by Crippen LogP contribution is 2.31. The SMILES string of the molecule is Nc1c(Br)cccc1-c1nnc2c3[nH]cnc3ncn12. The second-order valence-electron chi connectivity index (χ2n) is 4.26. The number of hydrogen-bond donors (Lipinski definition) is 2. The van der Waals surface area contributed by atoms with Gasteiger partial charge in [-0.15, -0.1) is 10.2 Å². The van der Waals surface area contributed by atoms with E-state index in [4.69, 9.17) is 5.73 Å². The van der Waals surface area contributed by atoms with E-state index in [1.165, 1.54) is 0 Å². The van der Waals surface area contributed by atoms with Gasteiger partial charge >= 0.3 is 0 Å². The van der Waals surface area contributed by atoms with Crippen molar-refractivity contribution < 1.29 is 0 Å². The van der Waals surface area contributed by atoms with Crippen LogP contribution in [0.15, 0.2) is 35.3 Å². The number of aromatic amines is 1. The molecule has 3 N–H and O–H groups in total. The van der Waals surface area contributed by atoms with Crippen molar-refractivity contribution in [2.45, 2.75) is 0 Å². The van der Waals surface area contributed by atoms with E-state index in [9.17, 15) is 0 Å². The molecule has 4 rings (SSSR count). The Morgan fingerprint density at radius 1 is 1.20 bits per heavy atom. The van der Waals surface area contributed by atoms with Gasteiger partial charge in [0.15, 0.2) is 17.1 Å². The monoisotopic (exact) mass is 329 g/mol. The van der Waals surface area contributed by atoms with Crippen LogP contribution in [0.1, 0.15) is 0 Å². The number of benzene rings is 1. The van der Waals surface area contributed by atoms with E-state index in [-0.39, 0.29) is 0 Å². The Hall–Kier alpha value is -2.48. The van der Waals surface area contributed by atoms with E-state index in [0.717, 1.165) is 15.6 Å². The summed E-state index contributed by atoms with van der Waals surface area (Å²) in [5.41, 5.74) is 9.53. The van der Waals surface area contributed by atoms with Crippen molar-refractivity contribution in [3.8, 4) is 11.4 Å². The topological polar surface area (TPSA) is 97.8 Å². The van der Waals surface area contributed by atoms with Crippen molar-refractivity contribution in [3.63, 3.8) is 0 Å². The van der Waals surface area contributed by atoms with Gasteiger partial charge in [0.2, 0.25) is 0 Å². The molecule has 0 fully saturated rings. The fraction of sp³-hybridized carbons (Fsp3) is 0. The Morgan fingerprint density at radius 2 is 2.10 bits per heavy atom. The van der Waals surface area contributed by atoms with Crippen LogP contribution in [-0.4, -0.2) is 29.5 Å². The molecule has 0 atom stereocenters. The third-order valence-corrected chi connectivity index (χ3v) is 3.82. The number of rotatable bonds is 1. The summed E-state index contributed by atoms with van der Waals surface area (Å²) < 4.78 is 2.61. The summed E-state index contributed by atoms with van der Waals surface area (Å²) in [7, 11) is 0. The van der Waals surface area contributed by atoms with Crippen LogP contribution in [0.5, 0.6) is 0 Å². The molecular formula is C12H8BrN7. The molecule has 3 aromatic heterocycles. The minimum Gasteiger partial charge on any atom is -0.397 e. The van der Waals surface area contributed by atoms with Crippen LogP contribution in [0.4, 0.5) is 5.69 Å². The Bertz CT molecular complexity index is 939. The number of anilines is 1. The lowest BCUT2D eigenvalue weighted by Crippen LogP contribution is -1.96. The standard InChI is InChI=1S/C12H8BrN7/c13-7-3-1-2-6(8(7)14)11-18-19-12-9-10(16-4-15-9)17-5-20(11)12/h1-5H,14H2,(H,15,16). The number of nitrogens with zero attached hydrogens (tertiary/aromatic N) is 5. The quantitative estimate of drug-likeness (QED) is 0.520. The van der Waals surface area contributed by atoms with Crippen LogP contribution in [0.25, 0.3) is 28.2 Å². The first-order chi connectivity index (χ1) is 9.75. The Kier molecular flexibility index (Phi) is 2.27. The predicted molar refractivity (Wildman–Crippen MR) is 78.0 cm³/mol. The molecule has 0 aliphatic carbocycles. The molecule has 0 saturated carbocycles. The van der Waals surface area contributed by atoms with Crippen LogP contribution in [0, 0.1) is 0 Å². The number of aromatic nitrogens is 6. The predicted octanol–water partition coefficient (Wildman–Crippen LogP) is 2.01. The Morgan fingerprint density at radius 3 is 3.00 bits per heavy atom. The van der Waals surface area contributed by atoms with Gasteiger partial charge in [0.25, 0.3) is 0 Å². The first-order valence-electron chi connectivity index (χ1n) is 5.83. The summed E-state index contributed by atoms with van der Waals surface area (Å²) in [5, 5.41) is 8.42. The smallest absolute Gasteiger partial charge is 0.190 e. The summed E-state index contributed by atoms with van der Waals surface area (Å²) in [4.78, 5) is 11.4. The van der Waals surface area contributed by atoms with E-state index >= 15 is 0 Å². The average molecular weight is 330 g/mol. The normalized spacial score (nSPS) is 11.4. The van der Waals surface area contributed by atoms with Crippen molar-refractivity contribution in [2.24, 2.45) is 0 Å². The zero-order valence-corrected chi connectivity index (χ0v) is 11.7. The number of hydrogen-bond acceptors (Lipinski definition) is 5. The number of halogens is 1. The second-order valence-corrected chi connectivity index (χ2v) is 5.12. The largest absolute Gasteiger partial charge is 0.397 e. The van der Waals surface area contributed by atoms with E-state index in [1.807, 2.05) is 18.2 Å². The molecule has 4 aromatic rings. The second kappa shape index (κ2) is 4.01. The van der Waals surface area contributed by atoms with Gasteiger partial charge in [-0.05, 0) is 28.1 Å². The number of fused-ring (bicyclic) bond motifs is 3. The highest BCUT2D eigenvalue weighted by atomic mass is 79.9. The number of nitrogens with one attached hydrogen (secondary N) is 1. The third-order valence-electron chi connectivity index (χ3n) is 3.13. The third kappa shape index (κ3) is 1.45. The zero-order valence-electron chi connectivity index (χ0n) is 10.1. The lowest BCUT2D eigenvalue weighted by atomic mass is 10.2. The summed E-state index contributed by atoms with van der Waals surface area (Å²) in [6, 6.07) is 5.68. The molecule has 0 unspecified atom stereocenters. The van der Waals surface area contributed by atoms with Crippen molar-refractivity contribution in [2.75, 3.05) is 5.73 Å². The summed E-state index contributed by atoms with van der Waals surface area (Å²) in [6.07, 6.45) is 3.23. The molecule has 0 radical (unpaired) electrons. The molecule has 98 valence electrons. The molecule has 3 heterocycles. The molecule has 1 aromatic carbocycles. The first-order valence-corrected chi connectivity index (χ1v) is 6.62. The maximum atomic E-state index is 6.09. The van der Waals surface area contributed by atoms with Crippen molar-refractivity contribution in [1.82, 2.24) is 29.5 Å². The molecule has 7 nitrogen and oxygen atoms in total. The molecule has 0 aliphatic rings. The van der Waals surface area contributed by atoms with Gasteiger partial charge in [-0.2, -0.15) is 0 Å². The Labute approximate surface area is 121 Å². The van der Waals surface area contributed by atoms with E-state index in [0.29, 0.717) is 22.8 Å². The number of nitrogens with two attached hydrogens (primary N) is 1.